The molecule has 0 radical (unpaired) electrons. The molecule has 2 aliphatic rings. The van der Waals surface area contributed by atoms with Crippen molar-refractivity contribution in [2.45, 2.75) is 31.3 Å². The highest BCUT2D eigenvalue weighted by molar-refractivity contribution is 5.76. The molecule has 2 aliphatic heterocycles. The van der Waals surface area contributed by atoms with Crippen molar-refractivity contribution in [1.82, 2.24) is 19.9 Å². The fourth-order valence-electron chi connectivity index (χ4n) is 4.22. The number of hydrogen-bond donors (Lipinski definition) is 1. The van der Waals surface area contributed by atoms with Crippen molar-refractivity contribution in [3.8, 4) is 0 Å². The van der Waals surface area contributed by atoms with Crippen molar-refractivity contribution in [3.05, 3.63) is 46.1 Å². The first-order valence-corrected chi connectivity index (χ1v) is 11.5. The lowest BCUT2D eigenvalue weighted by molar-refractivity contribution is -0.139. The number of hydrogen-bond acceptors (Lipinski definition) is 7. The summed E-state index contributed by atoms with van der Waals surface area (Å²) in [4.78, 5) is 38.7. The molecule has 0 bridgehead atoms. The van der Waals surface area contributed by atoms with Crippen LogP contribution in [0.3, 0.4) is 0 Å². The Bertz CT molecular complexity index is 1150. The molecular formula is C22H24F6N6O3. The summed E-state index contributed by atoms with van der Waals surface area (Å²) in [6.45, 7) is 2.35. The molecule has 15 heteroatoms. The minimum atomic E-state index is -4.75. The summed E-state index contributed by atoms with van der Waals surface area (Å²) < 4.78 is 82.8. The molecule has 1 amide bonds. The first-order valence-electron chi connectivity index (χ1n) is 11.5. The maximum Gasteiger partial charge on any atom is 0.421 e. The van der Waals surface area contributed by atoms with E-state index in [1.165, 1.54) is 6.20 Å². The average molecular weight is 534 g/mol. The lowest BCUT2D eigenvalue weighted by Gasteiger charge is -2.34. The van der Waals surface area contributed by atoms with E-state index in [4.69, 9.17) is 4.74 Å². The molecule has 2 saturated heterocycles. The van der Waals surface area contributed by atoms with Crippen molar-refractivity contribution in [1.29, 1.82) is 0 Å². The SMILES string of the molecule is O=C(CCO[C@@H]1CCN(c2c[nH]c(=O)c(C(F)(F)F)c2)C1)N1CCN(c2ncc(C(F)(F)F)cn2)CC1. The number of alkyl halides is 6. The number of anilines is 2. The van der Waals surface area contributed by atoms with Gasteiger partial charge in [-0.15, -0.1) is 0 Å². The van der Waals surface area contributed by atoms with Crippen molar-refractivity contribution >= 4 is 17.5 Å². The molecule has 2 aromatic heterocycles. The van der Waals surface area contributed by atoms with E-state index in [-0.39, 0.29) is 36.7 Å². The van der Waals surface area contributed by atoms with E-state index in [9.17, 15) is 35.9 Å². The number of rotatable bonds is 6. The molecule has 0 spiro atoms. The Kier molecular flexibility index (Phi) is 7.62. The number of carbonyl (C=O) groups is 1. The summed E-state index contributed by atoms with van der Waals surface area (Å²) in [5.41, 5.74) is -3.15. The number of nitrogens with zero attached hydrogens (tertiary/aromatic N) is 5. The maximum atomic E-state index is 13.0. The standard InChI is InChI=1S/C22H24F6N6O3/c23-21(24,25)14-10-30-20(31-11-14)33-6-4-32(5-7-33)18(35)2-8-37-16-1-3-34(13-16)15-9-17(22(26,27)28)19(36)29-12-15/h9-12,16H,1-8,13H2,(H,29,36)/t16-/m1/s1. The predicted octanol–water partition coefficient (Wildman–Crippen LogP) is 2.54. The van der Waals surface area contributed by atoms with E-state index < -0.39 is 29.0 Å². The lowest BCUT2D eigenvalue weighted by Crippen LogP contribution is -2.49. The summed E-state index contributed by atoms with van der Waals surface area (Å²) in [6, 6.07) is 0.820. The third kappa shape index (κ3) is 6.50. The number of amides is 1. The zero-order chi connectivity index (χ0) is 26.8. The highest BCUT2D eigenvalue weighted by Crippen LogP contribution is 2.30. The van der Waals surface area contributed by atoms with Gasteiger partial charge in [0.2, 0.25) is 11.9 Å². The van der Waals surface area contributed by atoms with E-state index >= 15 is 0 Å². The van der Waals surface area contributed by atoms with Gasteiger partial charge >= 0.3 is 12.4 Å². The Morgan fingerprint density at radius 1 is 1.00 bits per heavy atom. The highest BCUT2D eigenvalue weighted by Gasteiger charge is 2.35. The molecule has 9 nitrogen and oxygen atoms in total. The van der Waals surface area contributed by atoms with Crippen LogP contribution >= 0.6 is 0 Å². The van der Waals surface area contributed by atoms with Gasteiger partial charge in [-0.1, -0.05) is 0 Å². The van der Waals surface area contributed by atoms with Crippen LogP contribution in [0.4, 0.5) is 38.0 Å². The number of nitrogens with one attached hydrogen (secondary N) is 1. The van der Waals surface area contributed by atoms with Gasteiger partial charge in [0.15, 0.2) is 0 Å². The predicted molar refractivity (Wildman–Crippen MR) is 119 cm³/mol. The van der Waals surface area contributed by atoms with Gasteiger partial charge in [0, 0.05) is 57.9 Å². The Morgan fingerprint density at radius 3 is 2.30 bits per heavy atom. The molecule has 2 fully saturated rings. The molecule has 0 unspecified atom stereocenters. The van der Waals surface area contributed by atoms with Crippen LogP contribution in [0.1, 0.15) is 24.0 Å². The molecule has 202 valence electrons. The highest BCUT2D eigenvalue weighted by atomic mass is 19.4. The van der Waals surface area contributed by atoms with E-state index in [2.05, 4.69) is 15.0 Å². The van der Waals surface area contributed by atoms with E-state index in [1.54, 1.807) is 14.7 Å². The minimum absolute atomic E-state index is 0.115. The number of piperazine rings is 1. The van der Waals surface area contributed by atoms with Crippen LogP contribution in [0.15, 0.2) is 29.5 Å². The van der Waals surface area contributed by atoms with E-state index in [0.717, 1.165) is 18.5 Å². The largest absolute Gasteiger partial charge is 0.421 e. The molecule has 1 atom stereocenters. The molecule has 0 aliphatic carbocycles. The summed E-state index contributed by atoms with van der Waals surface area (Å²) in [5.74, 6) is 0.0253. The molecule has 37 heavy (non-hydrogen) atoms. The van der Waals surface area contributed by atoms with Gasteiger partial charge in [-0.3, -0.25) is 9.59 Å². The first kappa shape index (κ1) is 26.7. The lowest BCUT2D eigenvalue weighted by atomic mass is 10.2. The Labute approximate surface area is 207 Å². The fraction of sp³-hybridized carbons (Fsp3) is 0.545. The minimum Gasteiger partial charge on any atom is -0.376 e. The summed E-state index contributed by atoms with van der Waals surface area (Å²) in [7, 11) is 0. The number of carbonyl (C=O) groups excluding carboxylic acids is 1. The second kappa shape index (κ2) is 10.6. The first-order chi connectivity index (χ1) is 17.4. The molecule has 4 rings (SSSR count). The zero-order valence-corrected chi connectivity index (χ0v) is 19.5. The van der Waals surface area contributed by atoms with E-state index in [1.807, 2.05) is 0 Å². The van der Waals surface area contributed by atoms with Crippen LogP contribution in [0.5, 0.6) is 0 Å². The van der Waals surface area contributed by atoms with Crippen molar-refractivity contribution in [2.75, 3.05) is 55.7 Å². The second-order valence-electron chi connectivity index (χ2n) is 8.71. The maximum absolute atomic E-state index is 13.0. The number of aromatic amines is 1. The molecule has 4 heterocycles. The molecule has 1 N–H and O–H groups in total. The number of aromatic nitrogens is 3. The number of ether oxygens (including phenoxy) is 1. The van der Waals surface area contributed by atoms with Crippen LogP contribution in [0.25, 0.3) is 0 Å². The normalized spacial score (nSPS) is 19.0. The fourth-order valence-corrected chi connectivity index (χ4v) is 4.22. The Morgan fingerprint density at radius 2 is 1.68 bits per heavy atom. The van der Waals surface area contributed by atoms with Gasteiger partial charge < -0.3 is 24.4 Å². The quantitative estimate of drug-likeness (QED) is 0.570. The Balaban J connectivity index is 1.20. The van der Waals surface area contributed by atoms with Crippen LogP contribution in [0.2, 0.25) is 0 Å². The number of H-pyrrole nitrogens is 1. The Hall–Kier alpha value is -3.36. The smallest absolute Gasteiger partial charge is 0.376 e. The van der Waals surface area contributed by atoms with Crippen LogP contribution in [-0.2, 0) is 21.9 Å². The molecule has 0 saturated carbocycles. The average Bonchev–Trinajstić information content (AvgIpc) is 3.32. The van der Waals surface area contributed by atoms with Gasteiger partial charge in [-0.2, -0.15) is 26.3 Å². The van der Waals surface area contributed by atoms with Gasteiger partial charge in [0.1, 0.15) is 5.56 Å². The third-order valence-corrected chi connectivity index (χ3v) is 6.25. The van der Waals surface area contributed by atoms with Crippen LogP contribution < -0.4 is 15.4 Å². The van der Waals surface area contributed by atoms with Crippen LogP contribution in [-0.4, -0.2) is 77.7 Å². The third-order valence-electron chi connectivity index (χ3n) is 6.25. The van der Waals surface area contributed by atoms with Crippen molar-refractivity contribution < 1.29 is 35.9 Å². The molecular weight excluding hydrogens is 510 g/mol. The topological polar surface area (TPSA) is 94.7 Å². The van der Waals surface area contributed by atoms with Crippen molar-refractivity contribution in [2.24, 2.45) is 0 Å². The van der Waals surface area contributed by atoms with Crippen molar-refractivity contribution in [3.63, 3.8) is 0 Å². The van der Waals surface area contributed by atoms with Gasteiger partial charge in [0.25, 0.3) is 5.56 Å². The monoisotopic (exact) mass is 534 g/mol. The number of halogens is 6. The zero-order valence-electron chi connectivity index (χ0n) is 19.5. The molecule has 2 aromatic rings. The summed E-state index contributed by atoms with van der Waals surface area (Å²) in [5, 5.41) is 0. The second-order valence-corrected chi connectivity index (χ2v) is 8.71. The summed E-state index contributed by atoms with van der Waals surface area (Å²) >= 11 is 0. The number of pyridine rings is 1. The van der Waals surface area contributed by atoms with Gasteiger partial charge in [-0.25, -0.2) is 9.97 Å². The van der Waals surface area contributed by atoms with E-state index in [0.29, 0.717) is 45.7 Å². The molecule has 0 aromatic carbocycles. The van der Waals surface area contributed by atoms with Crippen LogP contribution in [0, 0.1) is 0 Å². The van der Waals surface area contributed by atoms with Gasteiger partial charge in [-0.05, 0) is 12.5 Å². The van der Waals surface area contributed by atoms with Gasteiger partial charge in [0.05, 0.1) is 30.4 Å². The summed E-state index contributed by atoms with van der Waals surface area (Å²) in [6.07, 6.45) is -6.18.